The van der Waals surface area contributed by atoms with E-state index in [1.54, 1.807) is 22.8 Å². The molecule has 0 amide bonds. The van der Waals surface area contributed by atoms with E-state index in [2.05, 4.69) is 4.72 Å². The van der Waals surface area contributed by atoms with Crippen LogP contribution in [-0.2, 0) is 16.6 Å². The second kappa shape index (κ2) is 6.70. The molecule has 1 aromatic heterocycles. The maximum absolute atomic E-state index is 12.5. The molecule has 0 aliphatic heterocycles. The molecule has 6 nitrogen and oxygen atoms in total. The van der Waals surface area contributed by atoms with Crippen molar-refractivity contribution in [3.05, 3.63) is 51.1 Å². The number of nitrogens with zero attached hydrogens (tertiary/aromatic N) is 1. The van der Waals surface area contributed by atoms with E-state index in [1.807, 2.05) is 6.92 Å². The predicted molar refractivity (Wildman–Crippen MR) is 101 cm³/mol. The monoisotopic (exact) mass is 398 g/mol. The molecule has 1 N–H and O–H groups in total. The van der Waals surface area contributed by atoms with Gasteiger partial charge in [0.05, 0.1) is 32.9 Å². The molecule has 0 spiro atoms. The van der Waals surface area contributed by atoms with Crippen LogP contribution in [0.2, 0.25) is 5.02 Å². The minimum atomic E-state index is -3.81. The van der Waals surface area contributed by atoms with E-state index in [1.165, 1.54) is 25.3 Å². The van der Waals surface area contributed by atoms with Gasteiger partial charge >= 0.3 is 4.87 Å². The number of nitrogens with one attached hydrogen (secondary N) is 1. The van der Waals surface area contributed by atoms with Crippen molar-refractivity contribution < 1.29 is 13.2 Å². The first-order valence-corrected chi connectivity index (χ1v) is 10.0. The lowest BCUT2D eigenvalue weighted by Crippen LogP contribution is -2.13. The second-order valence-corrected chi connectivity index (χ2v) is 8.28. The number of fused-ring (bicyclic) bond motifs is 1. The summed E-state index contributed by atoms with van der Waals surface area (Å²) in [6.07, 6.45) is 0. The number of hydrogen-bond donors (Lipinski definition) is 1. The molecule has 3 rings (SSSR count). The largest absolute Gasteiger partial charge is 0.495 e. The quantitative estimate of drug-likeness (QED) is 0.713. The predicted octanol–water partition coefficient (Wildman–Crippen LogP) is 3.55. The fraction of sp³-hybridized carbons (Fsp3) is 0.188. The third-order valence-electron chi connectivity index (χ3n) is 3.67. The Kier molecular flexibility index (Phi) is 4.77. The van der Waals surface area contributed by atoms with E-state index >= 15 is 0 Å². The van der Waals surface area contributed by atoms with Crippen LogP contribution in [-0.4, -0.2) is 20.1 Å². The standard InChI is InChI=1S/C16H15ClN2O4S2/c1-3-19-13-6-4-10(8-15(13)24-16(19)20)18-25(21,22)11-5-7-14(23-2)12(17)9-11/h4-9,18H,3H2,1-2H3. The number of methoxy groups -OCH3 is 1. The van der Waals surface area contributed by atoms with Crippen LogP contribution in [0.25, 0.3) is 10.2 Å². The fourth-order valence-corrected chi connectivity index (χ4v) is 4.85. The highest BCUT2D eigenvalue weighted by Gasteiger charge is 2.17. The van der Waals surface area contributed by atoms with Crippen molar-refractivity contribution >= 4 is 48.9 Å². The summed E-state index contributed by atoms with van der Waals surface area (Å²) < 4.78 is 35.0. The fourth-order valence-electron chi connectivity index (χ4n) is 2.46. The number of benzene rings is 2. The van der Waals surface area contributed by atoms with Crippen LogP contribution in [0.4, 0.5) is 5.69 Å². The Morgan fingerprint density at radius 1 is 1.24 bits per heavy atom. The van der Waals surface area contributed by atoms with Crippen molar-refractivity contribution in [3.8, 4) is 5.75 Å². The van der Waals surface area contributed by atoms with E-state index in [0.29, 0.717) is 18.0 Å². The first-order valence-electron chi connectivity index (χ1n) is 7.35. The minimum Gasteiger partial charge on any atom is -0.495 e. The number of hydrogen-bond acceptors (Lipinski definition) is 5. The molecule has 0 radical (unpaired) electrons. The summed E-state index contributed by atoms with van der Waals surface area (Å²) in [6.45, 7) is 2.45. The maximum Gasteiger partial charge on any atom is 0.308 e. The summed E-state index contributed by atoms with van der Waals surface area (Å²) in [5, 5.41) is 0.207. The number of aromatic nitrogens is 1. The van der Waals surface area contributed by atoms with Crippen LogP contribution in [0.1, 0.15) is 6.92 Å². The number of aryl methyl sites for hydroxylation is 1. The number of sulfonamides is 1. The number of rotatable bonds is 5. The third-order valence-corrected chi connectivity index (χ3v) is 6.29. The Labute approximate surface area is 153 Å². The first kappa shape index (κ1) is 17.8. The van der Waals surface area contributed by atoms with Gasteiger partial charge in [-0.1, -0.05) is 22.9 Å². The van der Waals surface area contributed by atoms with Crippen LogP contribution in [0.15, 0.2) is 46.1 Å². The highest BCUT2D eigenvalue weighted by molar-refractivity contribution is 7.92. The van der Waals surface area contributed by atoms with E-state index in [4.69, 9.17) is 16.3 Å². The van der Waals surface area contributed by atoms with Crippen LogP contribution in [0.3, 0.4) is 0 Å². The van der Waals surface area contributed by atoms with Crippen LogP contribution >= 0.6 is 22.9 Å². The molecule has 0 fully saturated rings. The maximum atomic E-state index is 12.5. The summed E-state index contributed by atoms with van der Waals surface area (Å²) in [6, 6.07) is 9.24. The number of halogens is 1. The van der Waals surface area contributed by atoms with Crippen LogP contribution in [0, 0.1) is 0 Å². The molecule has 0 aliphatic carbocycles. The van der Waals surface area contributed by atoms with Crippen LogP contribution < -0.4 is 14.3 Å². The number of thiazole rings is 1. The molecule has 3 aromatic rings. The zero-order valence-corrected chi connectivity index (χ0v) is 15.8. The van der Waals surface area contributed by atoms with Gasteiger partial charge in [0, 0.05) is 6.54 Å². The second-order valence-electron chi connectivity index (χ2n) is 5.20. The Morgan fingerprint density at radius 3 is 2.64 bits per heavy atom. The zero-order valence-electron chi connectivity index (χ0n) is 13.4. The van der Waals surface area contributed by atoms with Crippen molar-refractivity contribution in [2.45, 2.75) is 18.4 Å². The van der Waals surface area contributed by atoms with E-state index in [-0.39, 0.29) is 14.8 Å². The summed E-state index contributed by atoms with van der Waals surface area (Å²) in [4.78, 5) is 11.9. The van der Waals surface area contributed by atoms with E-state index in [9.17, 15) is 13.2 Å². The van der Waals surface area contributed by atoms with E-state index in [0.717, 1.165) is 21.6 Å². The smallest absolute Gasteiger partial charge is 0.308 e. The lowest BCUT2D eigenvalue weighted by atomic mass is 10.3. The Balaban J connectivity index is 1.96. The van der Waals surface area contributed by atoms with Crippen molar-refractivity contribution in [2.24, 2.45) is 0 Å². The molecular formula is C16H15ClN2O4S2. The molecule has 0 atom stereocenters. The SMILES string of the molecule is CCn1c(=O)sc2cc(NS(=O)(=O)c3ccc(OC)c(Cl)c3)ccc21. The third kappa shape index (κ3) is 3.37. The van der Waals surface area contributed by atoms with Crippen molar-refractivity contribution in [2.75, 3.05) is 11.8 Å². The Bertz CT molecular complexity index is 1100. The van der Waals surface area contributed by atoms with Gasteiger partial charge in [-0.3, -0.25) is 14.1 Å². The summed E-state index contributed by atoms with van der Waals surface area (Å²) in [5.74, 6) is 0.396. The van der Waals surface area contributed by atoms with Gasteiger partial charge in [0.1, 0.15) is 5.75 Å². The molecule has 132 valence electrons. The molecular weight excluding hydrogens is 384 g/mol. The number of ether oxygens (including phenoxy) is 1. The lowest BCUT2D eigenvalue weighted by Gasteiger charge is -2.10. The highest BCUT2D eigenvalue weighted by atomic mass is 35.5. The first-order chi connectivity index (χ1) is 11.9. The van der Waals surface area contributed by atoms with Crippen molar-refractivity contribution in [1.82, 2.24) is 4.57 Å². The summed E-state index contributed by atoms with van der Waals surface area (Å²) in [7, 11) is -2.35. The Hall–Kier alpha value is -2.03. The topological polar surface area (TPSA) is 77.4 Å². The molecule has 1 heterocycles. The molecule has 2 aromatic carbocycles. The van der Waals surface area contributed by atoms with Gasteiger partial charge in [-0.05, 0) is 43.3 Å². The van der Waals surface area contributed by atoms with Gasteiger partial charge in [0.25, 0.3) is 10.0 Å². The van der Waals surface area contributed by atoms with E-state index < -0.39 is 10.0 Å². The van der Waals surface area contributed by atoms with Gasteiger partial charge in [-0.15, -0.1) is 0 Å². The number of anilines is 1. The average molecular weight is 399 g/mol. The minimum absolute atomic E-state index is 0.0257. The molecule has 0 bridgehead atoms. The molecule has 25 heavy (non-hydrogen) atoms. The molecule has 0 aliphatic rings. The zero-order chi connectivity index (χ0) is 18.2. The summed E-state index contributed by atoms with van der Waals surface area (Å²) in [5.41, 5.74) is 1.16. The lowest BCUT2D eigenvalue weighted by molar-refractivity contribution is 0.414. The van der Waals surface area contributed by atoms with Gasteiger partial charge in [-0.2, -0.15) is 0 Å². The van der Waals surface area contributed by atoms with Gasteiger partial charge in [-0.25, -0.2) is 8.42 Å². The van der Waals surface area contributed by atoms with Gasteiger partial charge in [0.2, 0.25) is 0 Å². The van der Waals surface area contributed by atoms with Crippen molar-refractivity contribution in [3.63, 3.8) is 0 Å². The molecule has 9 heteroatoms. The normalized spacial score (nSPS) is 11.6. The molecule has 0 unspecified atom stereocenters. The van der Waals surface area contributed by atoms with Gasteiger partial charge in [0.15, 0.2) is 0 Å². The molecule has 0 saturated carbocycles. The molecule has 0 saturated heterocycles. The Morgan fingerprint density at radius 2 is 2.00 bits per heavy atom. The van der Waals surface area contributed by atoms with Gasteiger partial charge < -0.3 is 4.74 Å². The summed E-state index contributed by atoms with van der Waals surface area (Å²) >= 11 is 7.08. The van der Waals surface area contributed by atoms with Crippen LogP contribution in [0.5, 0.6) is 5.75 Å². The van der Waals surface area contributed by atoms with Crippen molar-refractivity contribution in [1.29, 1.82) is 0 Å². The average Bonchev–Trinajstić information content (AvgIpc) is 2.88. The highest BCUT2D eigenvalue weighted by Crippen LogP contribution is 2.29.